The molecule has 60 valence electrons. The van der Waals surface area contributed by atoms with Gasteiger partial charge >= 0.3 is 0 Å². The number of aliphatic hydroxyl groups is 1. The molecule has 1 aromatic rings. The molecule has 3 nitrogen and oxygen atoms in total. The number of aromatic nitrogens is 2. The van der Waals surface area contributed by atoms with Crippen LogP contribution in [0.25, 0.3) is 0 Å². The van der Waals surface area contributed by atoms with Gasteiger partial charge in [0.05, 0.1) is 0 Å². The van der Waals surface area contributed by atoms with E-state index in [2.05, 4.69) is 16.5 Å². The molecule has 0 saturated carbocycles. The van der Waals surface area contributed by atoms with Gasteiger partial charge in [-0.2, -0.15) is 0 Å². The van der Waals surface area contributed by atoms with Gasteiger partial charge < -0.3 is 10.1 Å². The summed E-state index contributed by atoms with van der Waals surface area (Å²) in [6.07, 6.45) is 6.12. The molecule has 0 aliphatic rings. The van der Waals surface area contributed by atoms with E-state index >= 15 is 0 Å². The maximum absolute atomic E-state index is 9.40. The first-order chi connectivity index (χ1) is 5.34. The highest BCUT2D eigenvalue weighted by Crippen LogP contribution is 2.12. The molecule has 1 unspecified atom stereocenters. The first-order valence-electron chi connectivity index (χ1n) is 3.63. The predicted octanol–water partition coefficient (Wildman–Crippen LogP) is 1.41. The molecule has 1 atom stereocenters. The molecule has 0 spiro atoms. The van der Waals surface area contributed by atoms with E-state index in [9.17, 15) is 5.11 Å². The van der Waals surface area contributed by atoms with Gasteiger partial charge in [-0.1, -0.05) is 6.08 Å². The molecule has 1 heterocycles. The van der Waals surface area contributed by atoms with Gasteiger partial charge in [0.1, 0.15) is 11.9 Å². The molecule has 2 N–H and O–H groups in total. The summed E-state index contributed by atoms with van der Waals surface area (Å²) in [5.74, 6) is 0.631. The summed E-state index contributed by atoms with van der Waals surface area (Å²) in [5.41, 5.74) is 0. The number of imidazole rings is 1. The van der Waals surface area contributed by atoms with Gasteiger partial charge in [0, 0.05) is 12.4 Å². The zero-order valence-electron chi connectivity index (χ0n) is 6.33. The summed E-state index contributed by atoms with van der Waals surface area (Å²) >= 11 is 0. The lowest BCUT2D eigenvalue weighted by Gasteiger charge is -2.03. The Balaban J connectivity index is 2.42. The molecule has 0 saturated heterocycles. The Kier molecular flexibility index (Phi) is 2.86. The van der Waals surface area contributed by atoms with Crippen LogP contribution in [0.15, 0.2) is 25.0 Å². The van der Waals surface area contributed by atoms with Crippen molar-refractivity contribution in [1.82, 2.24) is 9.97 Å². The maximum Gasteiger partial charge on any atom is 0.135 e. The first-order valence-corrected chi connectivity index (χ1v) is 3.63. The normalized spacial score (nSPS) is 12.8. The molecule has 3 heteroatoms. The number of allylic oxidation sites excluding steroid dienone is 1. The van der Waals surface area contributed by atoms with Crippen LogP contribution in [0.4, 0.5) is 0 Å². The highest BCUT2D eigenvalue weighted by molar-refractivity contribution is 4.92. The molecule has 0 aromatic carbocycles. The van der Waals surface area contributed by atoms with Gasteiger partial charge in [-0.3, -0.25) is 0 Å². The third-order valence-electron chi connectivity index (χ3n) is 1.48. The summed E-state index contributed by atoms with van der Waals surface area (Å²) in [5, 5.41) is 9.40. The second-order valence-corrected chi connectivity index (χ2v) is 2.36. The minimum absolute atomic E-state index is 0.483. The van der Waals surface area contributed by atoms with E-state index in [-0.39, 0.29) is 0 Å². The Morgan fingerprint density at radius 1 is 1.82 bits per heavy atom. The van der Waals surface area contributed by atoms with Crippen LogP contribution >= 0.6 is 0 Å². The zero-order valence-corrected chi connectivity index (χ0v) is 6.33. The Labute approximate surface area is 65.8 Å². The fourth-order valence-corrected chi connectivity index (χ4v) is 0.872. The standard InChI is InChI=1S/C8H12N2O/c1-2-3-4-7(11)8-9-5-6-10-8/h2,5-7,11H,1,3-4H2,(H,9,10). The van der Waals surface area contributed by atoms with E-state index in [4.69, 9.17) is 0 Å². The van der Waals surface area contributed by atoms with E-state index in [0.717, 1.165) is 6.42 Å². The number of aliphatic hydroxyl groups excluding tert-OH is 1. The van der Waals surface area contributed by atoms with Crippen molar-refractivity contribution in [3.8, 4) is 0 Å². The fraction of sp³-hybridized carbons (Fsp3) is 0.375. The van der Waals surface area contributed by atoms with Gasteiger partial charge in [0.25, 0.3) is 0 Å². The van der Waals surface area contributed by atoms with Crippen LogP contribution in [0.5, 0.6) is 0 Å². The smallest absolute Gasteiger partial charge is 0.135 e. The lowest BCUT2D eigenvalue weighted by atomic mass is 10.2. The third kappa shape index (κ3) is 2.20. The van der Waals surface area contributed by atoms with Crippen LogP contribution in [0.1, 0.15) is 24.8 Å². The molecule has 0 bridgehead atoms. The number of rotatable bonds is 4. The van der Waals surface area contributed by atoms with Crippen molar-refractivity contribution < 1.29 is 5.11 Å². The van der Waals surface area contributed by atoms with Crippen LogP contribution in [0.3, 0.4) is 0 Å². The van der Waals surface area contributed by atoms with Crippen LogP contribution in [-0.4, -0.2) is 15.1 Å². The maximum atomic E-state index is 9.40. The van der Waals surface area contributed by atoms with Gasteiger partial charge in [-0.05, 0) is 12.8 Å². The summed E-state index contributed by atoms with van der Waals surface area (Å²) in [6, 6.07) is 0. The van der Waals surface area contributed by atoms with Gasteiger partial charge in [-0.15, -0.1) is 6.58 Å². The van der Waals surface area contributed by atoms with Crippen molar-refractivity contribution in [2.24, 2.45) is 0 Å². The number of nitrogens with one attached hydrogen (secondary N) is 1. The molecule has 0 aliphatic carbocycles. The van der Waals surface area contributed by atoms with E-state index in [1.165, 1.54) is 0 Å². The van der Waals surface area contributed by atoms with Crippen LogP contribution in [0, 0.1) is 0 Å². The average molecular weight is 152 g/mol. The minimum Gasteiger partial charge on any atom is -0.385 e. The molecular weight excluding hydrogens is 140 g/mol. The Bertz CT molecular complexity index is 206. The number of H-pyrrole nitrogens is 1. The van der Waals surface area contributed by atoms with Crippen LogP contribution in [-0.2, 0) is 0 Å². The number of hydrogen-bond acceptors (Lipinski definition) is 2. The number of hydrogen-bond donors (Lipinski definition) is 2. The predicted molar refractivity (Wildman–Crippen MR) is 43.0 cm³/mol. The van der Waals surface area contributed by atoms with E-state index in [0.29, 0.717) is 12.2 Å². The summed E-state index contributed by atoms with van der Waals surface area (Å²) in [6.45, 7) is 3.57. The molecule has 11 heavy (non-hydrogen) atoms. The van der Waals surface area contributed by atoms with Crippen molar-refractivity contribution >= 4 is 0 Å². The Hall–Kier alpha value is -1.09. The van der Waals surface area contributed by atoms with Crippen LogP contribution < -0.4 is 0 Å². The summed E-state index contributed by atoms with van der Waals surface area (Å²) in [7, 11) is 0. The molecule has 1 aromatic heterocycles. The highest BCUT2D eigenvalue weighted by atomic mass is 16.3. The van der Waals surface area contributed by atoms with Crippen molar-refractivity contribution in [1.29, 1.82) is 0 Å². The lowest BCUT2D eigenvalue weighted by molar-refractivity contribution is 0.160. The Morgan fingerprint density at radius 2 is 2.64 bits per heavy atom. The van der Waals surface area contributed by atoms with Gasteiger partial charge in [0.2, 0.25) is 0 Å². The minimum atomic E-state index is -0.483. The monoisotopic (exact) mass is 152 g/mol. The number of aromatic amines is 1. The van der Waals surface area contributed by atoms with E-state index in [1.807, 2.05) is 0 Å². The summed E-state index contributed by atoms with van der Waals surface area (Å²) < 4.78 is 0. The molecule has 1 rings (SSSR count). The Morgan fingerprint density at radius 3 is 3.18 bits per heavy atom. The van der Waals surface area contributed by atoms with Crippen molar-refractivity contribution in [3.63, 3.8) is 0 Å². The molecule has 0 amide bonds. The van der Waals surface area contributed by atoms with Gasteiger partial charge in [0.15, 0.2) is 0 Å². The largest absolute Gasteiger partial charge is 0.385 e. The SMILES string of the molecule is C=CCCC(O)c1ncc[nH]1. The average Bonchev–Trinajstić information content (AvgIpc) is 2.52. The molecular formula is C8H12N2O. The molecule has 0 fully saturated rings. The van der Waals surface area contributed by atoms with Crippen molar-refractivity contribution in [2.45, 2.75) is 18.9 Å². The zero-order chi connectivity index (χ0) is 8.10. The second kappa shape index (κ2) is 3.93. The van der Waals surface area contributed by atoms with Crippen molar-refractivity contribution in [2.75, 3.05) is 0 Å². The highest BCUT2D eigenvalue weighted by Gasteiger charge is 2.06. The molecule has 0 aliphatic heterocycles. The number of nitrogens with zero attached hydrogens (tertiary/aromatic N) is 1. The van der Waals surface area contributed by atoms with Crippen molar-refractivity contribution in [3.05, 3.63) is 30.9 Å². The first kappa shape index (κ1) is 8.01. The van der Waals surface area contributed by atoms with E-state index < -0.39 is 6.10 Å². The van der Waals surface area contributed by atoms with E-state index in [1.54, 1.807) is 18.5 Å². The van der Waals surface area contributed by atoms with Crippen LogP contribution in [0.2, 0.25) is 0 Å². The van der Waals surface area contributed by atoms with Gasteiger partial charge in [-0.25, -0.2) is 4.98 Å². The summed E-state index contributed by atoms with van der Waals surface area (Å²) in [4.78, 5) is 6.78. The topological polar surface area (TPSA) is 48.9 Å². The molecule has 0 radical (unpaired) electrons. The third-order valence-corrected chi connectivity index (χ3v) is 1.48. The lowest BCUT2D eigenvalue weighted by Crippen LogP contribution is -1.98. The quantitative estimate of drug-likeness (QED) is 0.641. The fourth-order valence-electron chi connectivity index (χ4n) is 0.872. The second-order valence-electron chi connectivity index (χ2n) is 2.36.